The largest absolute Gasteiger partial charge is 0.298 e. The van der Waals surface area contributed by atoms with Crippen molar-refractivity contribution in [1.29, 1.82) is 0 Å². The van der Waals surface area contributed by atoms with Crippen LogP contribution in [0.2, 0.25) is 0 Å². The molecule has 1 heteroatoms. The Balaban J connectivity index is 1.94. The van der Waals surface area contributed by atoms with E-state index < -0.39 is 0 Å². The van der Waals surface area contributed by atoms with Gasteiger partial charge in [-0.1, -0.05) is 13.3 Å². The molecule has 3 atom stereocenters. The molecule has 0 aromatic heterocycles. The maximum absolute atomic E-state index is 2.71. The van der Waals surface area contributed by atoms with Gasteiger partial charge in [-0.25, -0.2) is 0 Å². The first-order chi connectivity index (χ1) is 5.74. The Morgan fingerprint density at radius 1 is 1.42 bits per heavy atom. The Morgan fingerprint density at radius 2 is 2.17 bits per heavy atom. The van der Waals surface area contributed by atoms with Gasteiger partial charge in [0, 0.05) is 12.1 Å². The molecule has 2 rings (SSSR count). The van der Waals surface area contributed by atoms with Crippen LogP contribution in [0.3, 0.4) is 0 Å². The van der Waals surface area contributed by atoms with Crippen LogP contribution in [0.4, 0.5) is 0 Å². The molecule has 0 amide bonds. The number of hydrogen-bond acceptors (Lipinski definition) is 1. The molecule has 0 aromatic rings. The van der Waals surface area contributed by atoms with Crippen LogP contribution in [0.1, 0.15) is 40.0 Å². The minimum Gasteiger partial charge on any atom is -0.298 e. The summed E-state index contributed by atoms with van der Waals surface area (Å²) in [4.78, 5) is 2.71. The van der Waals surface area contributed by atoms with Gasteiger partial charge < -0.3 is 0 Å². The summed E-state index contributed by atoms with van der Waals surface area (Å²) in [5.41, 5.74) is 0. The van der Waals surface area contributed by atoms with Crippen LogP contribution >= 0.6 is 0 Å². The van der Waals surface area contributed by atoms with Gasteiger partial charge in [0.1, 0.15) is 0 Å². The van der Waals surface area contributed by atoms with Gasteiger partial charge >= 0.3 is 0 Å². The molecule has 1 nitrogen and oxygen atoms in total. The van der Waals surface area contributed by atoms with E-state index in [2.05, 4.69) is 25.7 Å². The van der Waals surface area contributed by atoms with Gasteiger partial charge in [0.2, 0.25) is 0 Å². The molecular weight excluding hydrogens is 146 g/mol. The SMILES string of the molecule is CCC1CC2C1CCN2C(C)C. The molecule has 0 N–H and O–H groups in total. The van der Waals surface area contributed by atoms with E-state index in [4.69, 9.17) is 0 Å². The molecule has 0 spiro atoms. The zero-order valence-corrected chi connectivity index (χ0v) is 8.59. The van der Waals surface area contributed by atoms with Gasteiger partial charge in [-0.2, -0.15) is 0 Å². The van der Waals surface area contributed by atoms with Crippen LogP contribution in [0.25, 0.3) is 0 Å². The van der Waals surface area contributed by atoms with Crippen LogP contribution in [0.5, 0.6) is 0 Å². The molecule has 1 heterocycles. The van der Waals surface area contributed by atoms with Crippen LogP contribution in [0.15, 0.2) is 0 Å². The number of fused-ring (bicyclic) bond motifs is 1. The third-order valence-corrected chi connectivity index (χ3v) is 3.98. The smallest absolute Gasteiger partial charge is 0.0132 e. The average Bonchev–Trinajstić information content (AvgIpc) is 2.29. The molecule has 1 saturated carbocycles. The zero-order chi connectivity index (χ0) is 8.72. The molecule has 1 aliphatic heterocycles. The Labute approximate surface area is 76.1 Å². The topological polar surface area (TPSA) is 3.24 Å². The summed E-state index contributed by atoms with van der Waals surface area (Å²) in [6.07, 6.45) is 4.37. The monoisotopic (exact) mass is 167 g/mol. The van der Waals surface area contributed by atoms with E-state index in [1.807, 2.05) is 0 Å². The molecule has 2 aliphatic rings. The molecular formula is C11H21N. The highest BCUT2D eigenvalue weighted by Crippen LogP contribution is 2.47. The van der Waals surface area contributed by atoms with Gasteiger partial charge in [0.15, 0.2) is 0 Å². The second-order valence-electron chi connectivity index (χ2n) is 4.76. The van der Waals surface area contributed by atoms with E-state index in [0.29, 0.717) is 0 Å². The minimum absolute atomic E-state index is 0.776. The molecule has 70 valence electrons. The predicted molar refractivity (Wildman–Crippen MR) is 52.1 cm³/mol. The number of hydrogen-bond donors (Lipinski definition) is 0. The quantitative estimate of drug-likeness (QED) is 0.611. The lowest BCUT2D eigenvalue weighted by Crippen LogP contribution is -2.47. The first-order valence-corrected chi connectivity index (χ1v) is 5.49. The van der Waals surface area contributed by atoms with Crippen LogP contribution in [-0.4, -0.2) is 23.5 Å². The highest BCUT2D eigenvalue weighted by Gasteiger charge is 2.47. The first kappa shape index (κ1) is 8.55. The molecule has 0 radical (unpaired) electrons. The molecule has 0 bridgehead atoms. The first-order valence-electron chi connectivity index (χ1n) is 5.49. The summed E-state index contributed by atoms with van der Waals surface area (Å²) in [6, 6.07) is 1.74. The van der Waals surface area contributed by atoms with Crippen molar-refractivity contribution in [3.05, 3.63) is 0 Å². The maximum Gasteiger partial charge on any atom is 0.0132 e. The van der Waals surface area contributed by atoms with Crippen molar-refractivity contribution in [3.8, 4) is 0 Å². The Hall–Kier alpha value is -0.0400. The number of likely N-dealkylation sites (tertiary alicyclic amines) is 1. The molecule has 1 saturated heterocycles. The van der Waals surface area contributed by atoms with Crippen molar-refractivity contribution in [2.45, 2.75) is 52.1 Å². The van der Waals surface area contributed by atoms with Gasteiger partial charge in [-0.3, -0.25) is 4.90 Å². The summed E-state index contributed by atoms with van der Waals surface area (Å²) in [6.45, 7) is 8.38. The zero-order valence-electron chi connectivity index (χ0n) is 8.59. The standard InChI is InChI=1S/C11H21N/c1-4-9-7-11-10(9)5-6-12(11)8(2)3/h8-11H,4-7H2,1-3H3. The molecule has 1 aliphatic carbocycles. The van der Waals surface area contributed by atoms with Crippen LogP contribution < -0.4 is 0 Å². The van der Waals surface area contributed by atoms with E-state index in [-0.39, 0.29) is 0 Å². The Kier molecular flexibility index (Phi) is 2.16. The lowest BCUT2D eigenvalue weighted by Gasteiger charge is -2.44. The van der Waals surface area contributed by atoms with Gasteiger partial charge in [-0.05, 0) is 45.1 Å². The third kappa shape index (κ3) is 1.10. The minimum atomic E-state index is 0.776. The highest BCUT2D eigenvalue weighted by molar-refractivity contribution is 5.00. The fraction of sp³-hybridized carbons (Fsp3) is 1.00. The van der Waals surface area contributed by atoms with Crippen molar-refractivity contribution in [2.75, 3.05) is 6.54 Å². The second kappa shape index (κ2) is 3.02. The summed E-state index contributed by atoms with van der Waals surface area (Å²) in [5, 5.41) is 0. The normalized spacial score (nSPS) is 41.5. The van der Waals surface area contributed by atoms with Crippen molar-refractivity contribution in [1.82, 2.24) is 4.90 Å². The third-order valence-electron chi connectivity index (χ3n) is 3.98. The number of nitrogens with zero attached hydrogens (tertiary/aromatic N) is 1. The van der Waals surface area contributed by atoms with Gasteiger partial charge in [0.05, 0.1) is 0 Å². The average molecular weight is 167 g/mol. The van der Waals surface area contributed by atoms with E-state index in [1.165, 1.54) is 25.8 Å². The Morgan fingerprint density at radius 3 is 2.75 bits per heavy atom. The predicted octanol–water partition coefficient (Wildman–Crippen LogP) is 2.52. The van der Waals surface area contributed by atoms with Gasteiger partial charge in [-0.15, -0.1) is 0 Å². The maximum atomic E-state index is 2.71. The van der Waals surface area contributed by atoms with E-state index in [9.17, 15) is 0 Å². The number of rotatable bonds is 2. The van der Waals surface area contributed by atoms with Gasteiger partial charge in [0.25, 0.3) is 0 Å². The van der Waals surface area contributed by atoms with Crippen molar-refractivity contribution in [3.63, 3.8) is 0 Å². The van der Waals surface area contributed by atoms with E-state index in [1.54, 1.807) is 0 Å². The highest BCUT2D eigenvalue weighted by atomic mass is 15.2. The summed E-state index contributed by atoms with van der Waals surface area (Å²) in [7, 11) is 0. The summed E-state index contributed by atoms with van der Waals surface area (Å²) < 4.78 is 0. The lowest BCUT2D eigenvalue weighted by atomic mass is 9.68. The summed E-state index contributed by atoms with van der Waals surface area (Å²) in [5.74, 6) is 2.14. The molecule has 12 heavy (non-hydrogen) atoms. The van der Waals surface area contributed by atoms with Crippen molar-refractivity contribution in [2.24, 2.45) is 11.8 Å². The summed E-state index contributed by atoms with van der Waals surface area (Å²) >= 11 is 0. The van der Waals surface area contributed by atoms with Crippen molar-refractivity contribution >= 4 is 0 Å². The van der Waals surface area contributed by atoms with E-state index >= 15 is 0 Å². The second-order valence-corrected chi connectivity index (χ2v) is 4.76. The fourth-order valence-corrected chi connectivity index (χ4v) is 3.16. The fourth-order valence-electron chi connectivity index (χ4n) is 3.16. The van der Waals surface area contributed by atoms with E-state index in [0.717, 1.165) is 23.9 Å². The molecule has 2 fully saturated rings. The van der Waals surface area contributed by atoms with Crippen LogP contribution in [0, 0.1) is 11.8 Å². The molecule has 3 unspecified atom stereocenters. The Bertz CT molecular complexity index is 164. The van der Waals surface area contributed by atoms with Crippen LogP contribution in [-0.2, 0) is 0 Å². The van der Waals surface area contributed by atoms with Crippen molar-refractivity contribution < 1.29 is 0 Å². The lowest BCUT2D eigenvalue weighted by molar-refractivity contribution is 0.0515. The molecule has 0 aromatic carbocycles.